The molecular weight excluding hydrogens is 805 g/mol. The molecule has 378 valence electrons. The quantitative estimate of drug-likeness (QED) is 0.0262. The zero-order chi connectivity index (χ0) is 47.2. The maximum atomic E-state index is 12.8. The van der Waals surface area contributed by atoms with Crippen molar-refractivity contribution in [2.24, 2.45) is 0 Å². The standard InChI is InChI=1S/C59H106O6/c1-4-7-10-13-16-19-22-25-28-29-30-31-32-35-37-40-43-46-49-52-58(61)64-55-56(65-59(62)53-50-47-44-41-38-34-27-24-21-18-15-12-9-6-3)54-63-57(60)51-48-45-42-39-36-33-26-23-20-17-14-11-8-5-2/h9,12,18,21,29-30,33,36,56H,4-8,10-11,13-17,19-20,22-28,31-32,34-35,37-55H2,1-3H3/b12-9-,21-18-,30-29-,36-33-. The van der Waals surface area contributed by atoms with Gasteiger partial charge in [-0.1, -0.05) is 223 Å². The van der Waals surface area contributed by atoms with Crippen LogP contribution in [0.5, 0.6) is 0 Å². The first kappa shape index (κ1) is 62.4. The molecule has 0 aromatic rings. The second kappa shape index (κ2) is 54.0. The number of allylic oxidation sites excluding steroid dienone is 8. The van der Waals surface area contributed by atoms with Crippen LogP contribution in [-0.2, 0) is 28.6 Å². The van der Waals surface area contributed by atoms with Crippen LogP contribution >= 0.6 is 0 Å². The molecule has 0 heterocycles. The third kappa shape index (κ3) is 52.2. The minimum absolute atomic E-state index is 0.0821. The lowest BCUT2D eigenvalue weighted by atomic mass is 10.1. The highest BCUT2D eigenvalue weighted by atomic mass is 16.6. The first-order valence-electron chi connectivity index (χ1n) is 28.1. The summed E-state index contributed by atoms with van der Waals surface area (Å²) in [5, 5.41) is 0. The Kier molecular flexibility index (Phi) is 51.8. The Bertz CT molecular complexity index is 1140. The zero-order valence-electron chi connectivity index (χ0n) is 43.3. The van der Waals surface area contributed by atoms with Crippen molar-refractivity contribution in [3.63, 3.8) is 0 Å². The van der Waals surface area contributed by atoms with Gasteiger partial charge in [0.15, 0.2) is 6.10 Å². The van der Waals surface area contributed by atoms with Gasteiger partial charge in [-0.3, -0.25) is 14.4 Å². The molecular formula is C59H106O6. The second-order valence-corrected chi connectivity index (χ2v) is 18.8. The summed E-state index contributed by atoms with van der Waals surface area (Å²) in [6.07, 6.45) is 65.3. The summed E-state index contributed by atoms with van der Waals surface area (Å²) < 4.78 is 16.8. The van der Waals surface area contributed by atoms with Crippen molar-refractivity contribution < 1.29 is 28.6 Å². The third-order valence-electron chi connectivity index (χ3n) is 12.3. The molecule has 0 rings (SSSR count). The van der Waals surface area contributed by atoms with Gasteiger partial charge in [0.05, 0.1) is 0 Å². The first-order chi connectivity index (χ1) is 32.0. The van der Waals surface area contributed by atoms with E-state index in [0.29, 0.717) is 19.3 Å². The van der Waals surface area contributed by atoms with E-state index in [1.165, 1.54) is 161 Å². The molecule has 0 radical (unpaired) electrons. The Morgan fingerprint density at radius 3 is 0.954 bits per heavy atom. The van der Waals surface area contributed by atoms with Crippen molar-refractivity contribution >= 4 is 17.9 Å². The lowest BCUT2D eigenvalue weighted by Crippen LogP contribution is -2.30. The van der Waals surface area contributed by atoms with Crippen molar-refractivity contribution in [2.45, 2.75) is 297 Å². The molecule has 1 atom stereocenters. The van der Waals surface area contributed by atoms with E-state index in [0.717, 1.165) is 89.9 Å². The molecule has 0 bridgehead atoms. The van der Waals surface area contributed by atoms with E-state index in [4.69, 9.17) is 14.2 Å². The Morgan fingerprint density at radius 1 is 0.323 bits per heavy atom. The lowest BCUT2D eigenvalue weighted by Gasteiger charge is -2.18. The second-order valence-electron chi connectivity index (χ2n) is 18.8. The number of unbranched alkanes of at least 4 members (excludes halogenated alkanes) is 32. The molecule has 0 aliphatic heterocycles. The van der Waals surface area contributed by atoms with E-state index in [1.54, 1.807) is 0 Å². The van der Waals surface area contributed by atoms with Crippen LogP contribution in [0.4, 0.5) is 0 Å². The van der Waals surface area contributed by atoms with Gasteiger partial charge in [-0.05, 0) is 96.3 Å². The van der Waals surface area contributed by atoms with Gasteiger partial charge in [0.2, 0.25) is 0 Å². The minimum Gasteiger partial charge on any atom is -0.462 e. The van der Waals surface area contributed by atoms with E-state index in [9.17, 15) is 14.4 Å². The van der Waals surface area contributed by atoms with Gasteiger partial charge in [-0.2, -0.15) is 0 Å². The van der Waals surface area contributed by atoms with Crippen LogP contribution in [-0.4, -0.2) is 37.2 Å². The average molecular weight is 911 g/mol. The van der Waals surface area contributed by atoms with Gasteiger partial charge in [0.1, 0.15) is 13.2 Å². The maximum absolute atomic E-state index is 12.8. The number of esters is 3. The van der Waals surface area contributed by atoms with Gasteiger partial charge < -0.3 is 14.2 Å². The molecule has 65 heavy (non-hydrogen) atoms. The molecule has 0 aliphatic rings. The SMILES string of the molecule is CC/C=C\C/C=C\CCCCCCCCCC(=O)OC(COC(=O)CCCCC/C=C\CCCCCCCCC)COC(=O)CCCCCCCCC/C=C\CCCCCCCCCC. The molecule has 0 aliphatic carbocycles. The number of rotatable bonds is 51. The average Bonchev–Trinajstić information content (AvgIpc) is 3.30. The summed E-state index contributed by atoms with van der Waals surface area (Å²) in [6, 6.07) is 0. The van der Waals surface area contributed by atoms with Gasteiger partial charge in [-0.15, -0.1) is 0 Å². The zero-order valence-corrected chi connectivity index (χ0v) is 43.3. The minimum atomic E-state index is -0.784. The maximum Gasteiger partial charge on any atom is 0.306 e. The van der Waals surface area contributed by atoms with E-state index < -0.39 is 6.10 Å². The summed E-state index contributed by atoms with van der Waals surface area (Å²) in [6.45, 7) is 6.53. The Morgan fingerprint density at radius 2 is 0.600 bits per heavy atom. The third-order valence-corrected chi connectivity index (χ3v) is 12.3. The van der Waals surface area contributed by atoms with Crippen molar-refractivity contribution in [1.82, 2.24) is 0 Å². The fourth-order valence-corrected chi connectivity index (χ4v) is 8.06. The molecule has 0 N–H and O–H groups in total. The molecule has 1 unspecified atom stereocenters. The van der Waals surface area contributed by atoms with Gasteiger partial charge >= 0.3 is 17.9 Å². The van der Waals surface area contributed by atoms with E-state index in [1.807, 2.05) is 0 Å². The number of carbonyl (C=O) groups excluding carboxylic acids is 3. The number of carbonyl (C=O) groups is 3. The lowest BCUT2D eigenvalue weighted by molar-refractivity contribution is -0.167. The molecule has 0 saturated heterocycles. The topological polar surface area (TPSA) is 78.9 Å². The molecule has 0 saturated carbocycles. The summed E-state index contributed by atoms with van der Waals surface area (Å²) in [4.78, 5) is 38.1. The van der Waals surface area contributed by atoms with Crippen molar-refractivity contribution in [3.8, 4) is 0 Å². The van der Waals surface area contributed by atoms with Crippen LogP contribution in [0.2, 0.25) is 0 Å². The number of ether oxygens (including phenoxy) is 3. The number of hydrogen-bond acceptors (Lipinski definition) is 6. The molecule has 0 spiro atoms. The smallest absolute Gasteiger partial charge is 0.306 e. The molecule has 0 fully saturated rings. The highest BCUT2D eigenvalue weighted by molar-refractivity contribution is 5.71. The Balaban J connectivity index is 4.36. The predicted molar refractivity (Wildman–Crippen MR) is 279 cm³/mol. The fraction of sp³-hybridized carbons (Fsp3) is 0.814. The van der Waals surface area contributed by atoms with Crippen LogP contribution < -0.4 is 0 Å². The van der Waals surface area contributed by atoms with Gasteiger partial charge in [-0.25, -0.2) is 0 Å². The van der Waals surface area contributed by atoms with Crippen LogP contribution in [0, 0.1) is 0 Å². The molecule has 0 aromatic carbocycles. The number of hydrogen-bond donors (Lipinski definition) is 0. The summed E-state index contributed by atoms with van der Waals surface area (Å²) in [5.41, 5.74) is 0. The highest BCUT2D eigenvalue weighted by Gasteiger charge is 2.19. The summed E-state index contributed by atoms with van der Waals surface area (Å²) in [7, 11) is 0. The van der Waals surface area contributed by atoms with Crippen molar-refractivity contribution in [1.29, 1.82) is 0 Å². The van der Waals surface area contributed by atoms with Crippen LogP contribution in [0.3, 0.4) is 0 Å². The van der Waals surface area contributed by atoms with Crippen molar-refractivity contribution in [2.75, 3.05) is 13.2 Å². The van der Waals surface area contributed by atoms with Crippen molar-refractivity contribution in [3.05, 3.63) is 48.6 Å². The van der Waals surface area contributed by atoms with E-state index in [2.05, 4.69) is 69.4 Å². The molecule has 0 aromatic heterocycles. The monoisotopic (exact) mass is 911 g/mol. The molecule has 6 nitrogen and oxygen atoms in total. The Hall–Kier alpha value is -2.63. The van der Waals surface area contributed by atoms with Crippen LogP contribution in [0.1, 0.15) is 290 Å². The van der Waals surface area contributed by atoms with Crippen LogP contribution in [0.15, 0.2) is 48.6 Å². The van der Waals surface area contributed by atoms with Gasteiger partial charge in [0.25, 0.3) is 0 Å². The van der Waals surface area contributed by atoms with Crippen LogP contribution in [0.25, 0.3) is 0 Å². The van der Waals surface area contributed by atoms with E-state index in [-0.39, 0.29) is 31.1 Å². The largest absolute Gasteiger partial charge is 0.462 e. The summed E-state index contributed by atoms with van der Waals surface area (Å²) >= 11 is 0. The predicted octanol–water partition coefficient (Wildman–Crippen LogP) is 18.7. The van der Waals surface area contributed by atoms with E-state index >= 15 is 0 Å². The summed E-state index contributed by atoms with van der Waals surface area (Å²) in [5.74, 6) is -0.900. The highest BCUT2D eigenvalue weighted by Crippen LogP contribution is 2.15. The molecule has 6 heteroatoms. The normalized spacial score (nSPS) is 12.4. The molecule has 0 amide bonds. The van der Waals surface area contributed by atoms with Gasteiger partial charge in [0, 0.05) is 19.3 Å². The fourth-order valence-electron chi connectivity index (χ4n) is 8.06. The Labute approximate surface area is 403 Å². The first-order valence-corrected chi connectivity index (χ1v) is 28.1.